The number of hydrogen-bond acceptors (Lipinski definition) is 4. The standard InChI is InChI=1S/C20H22BrNO4/c1-4-25-18-10-15(17(21)12-19(18)26-5-2)11-20(24)22-16-8-6-14(7-9-16)13(3)23/h6-10,12H,4-5,11H2,1-3H3,(H,22,24). The third kappa shape index (κ3) is 5.33. The predicted molar refractivity (Wildman–Crippen MR) is 105 cm³/mol. The first-order valence-corrected chi connectivity index (χ1v) is 9.22. The highest BCUT2D eigenvalue weighted by Gasteiger charge is 2.14. The highest BCUT2D eigenvalue weighted by atomic mass is 79.9. The zero-order valence-corrected chi connectivity index (χ0v) is 16.7. The fourth-order valence-electron chi connectivity index (χ4n) is 2.42. The number of anilines is 1. The molecule has 6 heteroatoms. The van der Waals surface area contributed by atoms with Gasteiger partial charge in [-0.25, -0.2) is 0 Å². The number of hydrogen-bond donors (Lipinski definition) is 1. The molecule has 138 valence electrons. The van der Waals surface area contributed by atoms with Gasteiger partial charge in [-0.15, -0.1) is 0 Å². The van der Waals surface area contributed by atoms with Crippen molar-refractivity contribution in [2.24, 2.45) is 0 Å². The largest absolute Gasteiger partial charge is 0.490 e. The number of carbonyl (C=O) groups is 2. The minimum atomic E-state index is -0.159. The van der Waals surface area contributed by atoms with Crippen LogP contribution in [0.2, 0.25) is 0 Å². The van der Waals surface area contributed by atoms with Crippen LogP contribution in [-0.2, 0) is 11.2 Å². The van der Waals surface area contributed by atoms with Crippen molar-refractivity contribution in [1.29, 1.82) is 0 Å². The van der Waals surface area contributed by atoms with E-state index >= 15 is 0 Å². The molecule has 26 heavy (non-hydrogen) atoms. The molecule has 1 N–H and O–H groups in total. The first kappa shape index (κ1) is 20.0. The van der Waals surface area contributed by atoms with Crippen molar-refractivity contribution in [2.45, 2.75) is 27.2 Å². The van der Waals surface area contributed by atoms with E-state index in [1.54, 1.807) is 24.3 Å². The second kappa shape index (κ2) is 9.38. The number of benzene rings is 2. The van der Waals surface area contributed by atoms with Crippen molar-refractivity contribution in [3.8, 4) is 11.5 Å². The van der Waals surface area contributed by atoms with Crippen molar-refractivity contribution in [3.05, 3.63) is 52.0 Å². The van der Waals surface area contributed by atoms with E-state index in [1.165, 1.54) is 6.92 Å². The third-order valence-corrected chi connectivity index (χ3v) is 4.38. The fourth-order valence-corrected chi connectivity index (χ4v) is 2.88. The van der Waals surface area contributed by atoms with E-state index in [1.807, 2.05) is 26.0 Å². The Bertz CT molecular complexity index is 787. The molecule has 2 aromatic carbocycles. The van der Waals surface area contributed by atoms with Gasteiger partial charge in [-0.1, -0.05) is 15.9 Å². The van der Waals surface area contributed by atoms with Gasteiger partial charge in [0.05, 0.1) is 19.6 Å². The summed E-state index contributed by atoms with van der Waals surface area (Å²) in [4.78, 5) is 23.7. The lowest BCUT2D eigenvalue weighted by molar-refractivity contribution is -0.115. The van der Waals surface area contributed by atoms with Gasteiger partial charge in [0.15, 0.2) is 17.3 Å². The number of halogens is 1. The number of ether oxygens (including phenoxy) is 2. The molecule has 0 saturated heterocycles. The van der Waals surface area contributed by atoms with E-state index in [2.05, 4.69) is 21.2 Å². The molecule has 0 unspecified atom stereocenters. The zero-order chi connectivity index (χ0) is 19.1. The molecule has 0 atom stereocenters. The summed E-state index contributed by atoms with van der Waals surface area (Å²) in [5.41, 5.74) is 2.06. The lowest BCUT2D eigenvalue weighted by Gasteiger charge is -2.14. The lowest BCUT2D eigenvalue weighted by Crippen LogP contribution is -2.15. The summed E-state index contributed by atoms with van der Waals surface area (Å²) >= 11 is 3.49. The van der Waals surface area contributed by atoms with Crippen LogP contribution in [-0.4, -0.2) is 24.9 Å². The molecule has 0 heterocycles. The maximum atomic E-state index is 12.4. The Kier molecular flexibility index (Phi) is 7.21. The van der Waals surface area contributed by atoms with Gasteiger partial charge in [0.2, 0.25) is 5.91 Å². The van der Waals surface area contributed by atoms with E-state index in [4.69, 9.17) is 9.47 Å². The van der Waals surface area contributed by atoms with Crippen LogP contribution in [0.5, 0.6) is 11.5 Å². The van der Waals surface area contributed by atoms with Crippen LogP contribution in [0.25, 0.3) is 0 Å². The Morgan fingerprint density at radius 1 is 1.00 bits per heavy atom. The Balaban J connectivity index is 2.12. The molecule has 0 bridgehead atoms. The van der Waals surface area contributed by atoms with Crippen molar-refractivity contribution in [3.63, 3.8) is 0 Å². The van der Waals surface area contributed by atoms with Crippen LogP contribution in [0.3, 0.4) is 0 Å². The first-order chi connectivity index (χ1) is 12.4. The second-order valence-corrected chi connectivity index (χ2v) is 6.47. The average Bonchev–Trinajstić information content (AvgIpc) is 2.59. The molecule has 0 aliphatic heterocycles. The highest BCUT2D eigenvalue weighted by Crippen LogP contribution is 2.34. The number of nitrogens with one attached hydrogen (secondary N) is 1. The molecule has 2 rings (SSSR count). The van der Waals surface area contributed by atoms with Gasteiger partial charge in [0, 0.05) is 15.7 Å². The van der Waals surface area contributed by atoms with E-state index in [-0.39, 0.29) is 18.1 Å². The van der Waals surface area contributed by atoms with Crippen LogP contribution in [0.15, 0.2) is 40.9 Å². The van der Waals surface area contributed by atoms with Crippen molar-refractivity contribution in [2.75, 3.05) is 18.5 Å². The molecular weight excluding hydrogens is 398 g/mol. The normalized spacial score (nSPS) is 10.3. The van der Waals surface area contributed by atoms with Crippen LogP contribution >= 0.6 is 15.9 Å². The summed E-state index contributed by atoms with van der Waals surface area (Å²) in [6.45, 7) is 6.35. The summed E-state index contributed by atoms with van der Waals surface area (Å²) in [5.74, 6) is 1.09. The molecule has 2 aromatic rings. The molecule has 0 saturated carbocycles. The van der Waals surface area contributed by atoms with Crippen molar-refractivity contribution in [1.82, 2.24) is 0 Å². The number of rotatable bonds is 8. The number of carbonyl (C=O) groups excluding carboxylic acids is 2. The molecule has 5 nitrogen and oxygen atoms in total. The third-order valence-electron chi connectivity index (χ3n) is 3.64. The Morgan fingerprint density at radius 2 is 1.58 bits per heavy atom. The molecule has 0 aliphatic rings. The van der Waals surface area contributed by atoms with Crippen LogP contribution in [0.4, 0.5) is 5.69 Å². The molecule has 0 aromatic heterocycles. The molecule has 0 radical (unpaired) electrons. The van der Waals surface area contributed by atoms with Crippen molar-refractivity contribution >= 4 is 33.3 Å². The van der Waals surface area contributed by atoms with Crippen LogP contribution in [0.1, 0.15) is 36.7 Å². The van der Waals surface area contributed by atoms with Gasteiger partial charge in [-0.05, 0) is 62.7 Å². The molecule has 0 fully saturated rings. The number of Topliss-reactive ketones (excluding diaryl/α,β-unsaturated/α-hetero) is 1. The van der Waals surface area contributed by atoms with Crippen molar-refractivity contribution < 1.29 is 19.1 Å². The Labute approximate surface area is 161 Å². The van der Waals surface area contributed by atoms with Gasteiger partial charge in [-0.2, -0.15) is 0 Å². The summed E-state index contributed by atoms with van der Waals surface area (Å²) in [5, 5.41) is 2.83. The minimum Gasteiger partial charge on any atom is -0.490 e. The maximum Gasteiger partial charge on any atom is 0.228 e. The van der Waals surface area contributed by atoms with Gasteiger partial charge < -0.3 is 14.8 Å². The Morgan fingerprint density at radius 3 is 2.12 bits per heavy atom. The summed E-state index contributed by atoms with van der Waals surface area (Å²) in [7, 11) is 0. The van der Waals surface area contributed by atoms with Gasteiger partial charge in [0.1, 0.15) is 0 Å². The molecule has 1 amide bonds. The first-order valence-electron chi connectivity index (χ1n) is 8.43. The summed E-state index contributed by atoms with van der Waals surface area (Å²) in [6, 6.07) is 10.5. The monoisotopic (exact) mass is 419 g/mol. The van der Waals surface area contributed by atoms with Crippen LogP contribution < -0.4 is 14.8 Å². The summed E-state index contributed by atoms with van der Waals surface area (Å²) < 4.78 is 12.0. The topological polar surface area (TPSA) is 64.6 Å². The van der Waals surface area contributed by atoms with Crippen LogP contribution in [0, 0.1) is 0 Å². The smallest absolute Gasteiger partial charge is 0.228 e. The average molecular weight is 420 g/mol. The number of ketones is 1. The molecule has 0 spiro atoms. The van der Waals surface area contributed by atoms with Gasteiger partial charge in [0.25, 0.3) is 0 Å². The van der Waals surface area contributed by atoms with Gasteiger partial charge in [-0.3, -0.25) is 9.59 Å². The number of amides is 1. The lowest BCUT2D eigenvalue weighted by atomic mass is 10.1. The second-order valence-electron chi connectivity index (χ2n) is 5.61. The fraction of sp³-hybridized carbons (Fsp3) is 0.300. The highest BCUT2D eigenvalue weighted by molar-refractivity contribution is 9.10. The maximum absolute atomic E-state index is 12.4. The molecule has 0 aliphatic carbocycles. The summed E-state index contributed by atoms with van der Waals surface area (Å²) in [6.07, 6.45) is 0.182. The zero-order valence-electron chi connectivity index (χ0n) is 15.1. The van der Waals surface area contributed by atoms with E-state index in [0.717, 1.165) is 10.0 Å². The van der Waals surface area contributed by atoms with Gasteiger partial charge >= 0.3 is 0 Å². The van der Waals surface area contributed by atoms with E-state index in [9.17, 15) is 9.59 Å². The quantitative estimate of drug-likeness (QED) is 0.633. The van der Waals surface area contributed by atoms with E-state index in [0.29, 0.717) is 36.0 Å². The molecular formula is C20H22BrNO4. The predicted octanol–water partition coefficient (Wildman–Crippen LogP) is 4.63. The minimum absolute atomic E-state index is 0.00958. The SMILES string of the molecule is CCOc1cc(Br)c(CC(=O)Nc2ccc(C(C)=O)cc2)cc1OCC. The van der Waals surface area contributed by atoms with E-state index < -0.39 is 0 Å². The Hall–Kier alpha value is -2.34.